The van der Waals surface area contributed by atoms with Crippen LogP contribution in [-0.2, 0) is 0 Å². The molecule has 0 amide bonds. The van der Waals surface area contributed by atoms with Crippen LogP contribution in [0.1, 0.15) is 24.6 Å². The minimum absolute atomic E-state index is 0.428. The van der Waals surface area contributed by atoms with E-state index in [1.165, 1.54) is 6.42 Å². The Hall–Kier alpha value is -1.39. The van der Waals surface area contributed by atoms with Gasteiger partial charge in [0, 0.05) is 12.5 Å². The van der Waals surface area contributed by atoms with E-state index in [0.29, 0.717) is 5.92 Å². The number of hydrogen-bond donors (Lipinski definition) is 0. The highest BCUT2D eigenvalue weighted by atomic mass is 35.5. The Kier molecular flexibility index (Phi) is 3.53. The lowest BCUT2D eigenvalue weighted by Crippen LogP contribution is -2.32. The Balaban J connectivity index is 1.96. The summed E-state index contributed by atoms with van der Waals surface area (Å²) in [5, 5.41) is 9.12. The summed E-state index contributed by atoms with van der Waals surface area (Å²) >= 11 is 6.27. The topological polar surface area (TPSA) is 34.0 Å². The molecule has 1 fully saturated rings. The van der Waals surface area contributed by atoms with Crippen molar-refractivity contribution in [3.8, 4) is 5.69 Å². The molecular weight excluding hydrogens is 260 g/mol. The number of benzene rings is 1. The van der Waals surface area contributed by atoms with Crippen molar-refractivity contribution in [2.75, 3.05) is 20.1 Å². The van der Waals surface area contributed by atoms with E-state index in [4.69, 9.17) is 11.6 Å². The molecule has 4 nitrogen and oxygen atoms in total. The summed E-state index contributed by atoms with van der Waals surface area (Å²) in [5.74, 6) is 1.44. The Morgan fingerprint density at radius 1 is 1.32 bits per heavy atom. The molecule has 1 atom stereocenters. The molecule has 2 aromatic rings. The van der Waals surface area contributed by atoms with E-state index in [1.807, 2.05) is 28.8 Å². The van der Waals surface area contributed by atoms with Crippen molar-refractivity contribution in [3.63, 3.8) is 0 Å². The number of hydrogen-bond acceptors (Lipinski definition) is 3. The van der Waals surface area contributed by atoms with Gasteiger partial charge in [0.15, 0.2) is 0 Å². The SMILES string of the molecule is CN1CCC[C@@H](c2nncn2-c2ccccc2Cl)C1. The first-order valence-electron chi connectivity index (χ1n) is 6.59. The zero-order valence-electron chi connectivity index (χ0n) is 11.0. The third-order valence-electron chi connectivity index (χ3n) is 3.68. The number of nitrogens with zero attached hydrogens (tertiary/aromatic N) is 4. The standard InChI is InChI=1S/C14H17ClN4/c1-18-8-4-5-11(9-18)14-17-16-10-19(14)13-7-3-2-6-12(13)15/h2-3,6-7,10-11H,4-5,8-9H2,1H3/t11-/m1/s1. The van der Waals surface area contributed by atoms with E-state index in [1.54, 1.807) is 6.33 Å². The third kappa shape index (κ3) is 2.51. The van der Waals surface area contributed by atoms with Crippen LogP contribution in [0.25, 0.3) is 5.69 Å². The molecule has 1 aromatic carbocycles. The zero-order valence-corrected chi connectivity index (χ0v) is 11.7. The molecule has 100 valence electrons. The van der Waals surface area contributed by atoms with Crippen LogP contribution < -0.4 is 0 Å². The van der Waals surface area contributed by atoms with E-state index >= 15 is 0 Å². The molecule has 0 aliphatic carbocycles. The summed E-state index contributed by atoms with van der Waals surface area (Å²) in [6.07, 6.45) is 4.12. The molecule has 0 saturated carbocycles. The number of likely N-dealkylation sites (tertiary alicyclic amines) is 1. The lowest BCUT2D eigenvalue weighted by Gasteiger charge is -2.29. The Morgan fingerprint density at radius 2 is 2.16 bits per heavy atom. The lowest BCUT2D eigenvalue weighted by molar-refractivity contribution is 0.244. The largest absolute Gasteiger partial charge is 0.306 e. The van der Waals surface area contributed by atoms with E-state index in [2.05, 4.69) is 22.1 Å². The molecule has 0 N–H and O–H groups in total. The van der Waals surface area contributed by atoms with E-state index in [9.17, 15) is 0 Å². The summed E-state index contributed by atoms with van der Waals surface area (Å²) in [6.45, 7) is 2.19. The Labute approximate surface area is 118 Å². The van der Waals surface area contributed by atoms with Gasteiger partial charge in [0.05, 0.1) is 10.7 Å². The van der Waals surface area contributed by atoms with Gasteiger partial charge in [-0.2, -0.15) is 0 Å². The van der Waals surface area contributed by atoms with Gasteiger partial charge in [-0.05, 0) is 38.6 Å². The zero-order chi connectivity index (χ0) is 13.2. The molecular formula is C14H17ClN4. The van der Waals surface area contributed by atoms with Crippen LogP contribution >= 0.6 is 11.6 Å². The number of rotatable bonds is 2. The second-order valence-corrected chi connectivity index (χ2v) is 5.52. The van der Waals surface area contributed by atoms with Crippen LogP contribution in [0.5, 0.6) is 0 Å². The second kappa shape index (κ2) is 5.31. The molecule has 1 saturated heterocycles. The quantitative estimate of drug-likeness (QED) is 0.846. The van der Waals surface area contributed by atoms with Gasteiger partial charge in [0.25, 0.3) is 0 Å². The second-order valence-electron chi connectivity index (χ2n) is 5.11. The fourth-order valence-corrected chi connectivity index (χ4v) is 2.96. The van der Waals surface area contributed by atoms with Gasteiger partial charge in [0.2, 0.25) is 0 Å². The van der Waals surface area contributed by atoms with Gasteiger partial charge in [-0.25, -0.2) is 0 Å². The van der Waals surface area contributed by atoms with Crippen LogP contribution in [0.2, 0.25) is 5.02 Å². The van der Waals surface area contributed by atoms with E-state index in [0.717, 1.165) is 36.0 Å². The molecule has 5 heteroatoms. The number of aromatic nitrogens is 3. The summed E-state index contributed by atoms with van der Waals surface area (Å²) < 4.78 is 2.02. The van der Waals surface area contributed by atoms with Crippen molar-refractivity contribution in [2.24, 2.45) is 0 Å². The molecule has 0 unspecified atom stereocenters. The minimum atomic E-state index is 0.428. The molecule has 1 aromatic heterocycles. The predicted molar refractivity (Wildman–Crippen MR) is 75.8 cm³/mol. The van der Waals surface area contributed by atoms with Crippen molar-refractivity contribution >= 4 is 11.6 Å². The maximum atomic E-state index is 6.27. The summed E-state index contributed by atoms with van der Waals surface area (Å²) in [5.41, 5.74) is 0.956. The Bertz CT molecular complexity index is 566. The van der Waals surface area contributed by atoms with Gasteiger partial charge in [-0.3, -0.25) is 4.57 Å². The monoisotopic (exact) mass is 276 g/mol. The smallest absolute Gasteiger partial charge is 0.141 e. The molecule has 19 heavy (non-hydrogen) atoms. The normalized spacial score (nSPS) is 20.6. The van der Waals surface area contributed by atoms with Crippen molar-refractivity contribution in [1.29, 1.82) is 0 Å². The van der Waals surface area contributed by atoms with Crippen molar-refractivity contribution in [1.82, 2.24) is 19.7 Å². The van der Waals surface area contributed by atoms with Crippen molar-refractivity contribution < 1.29 is 0 Å². The summed E-state index contributed by atoms with van der Waals surface area (Å²) in [6, 6.07) is 7.82. The molecule has 1 aliphatic rings. The average molecular weight is 277 g/mol. The molecule has 1 aliphatic heterocycles. The van der Waals surface area contributed by atoms with Crippen molar-refractivity contribution in [2.45, 2.75) is 18.8 Å². The van der Waals surface area contributed by atoms with E-state index in [-0.39, 0.29) is 0 Å². The summed E-state index contributed by atoms with van der Waals surface area (Å²) in [7, 11) is 2.16. The van der Waals surface area contributed by atoms with Crippen LogP contribution in [0.15, 0.2) is 30.6 Å². The van der Waals surface area contributed by atoms with Gasteiger partial charge in [-0.15, -0.1) is 10.2 Å². The molecule has 0 spiro atoms. The highest BCUT2D eigenvalue weighted by Crippen LogP contribution is 2.28. The minimum Gasteiger partial charge on any atom is -0.306 e. The fraction of sp³-hybridized carbons (Fsp3) is 0.429. The molecule has 0 bridgehead atoms. The van der Waals surface area contributed by atoms with Crippen LogP contribution in [0.3, 0.4) is 0 Å². The highest BCUT2D eigenvalue weighted by molar-refractivity contribution is 6.32. The number of para-hydroxylation sites is 1. The first kappa shape index (κ1) is 12.6. The molecule has 0 radical (unpaired) electrons. The predicted octanol–water partition coefficient (Wildman–Crippen LogP) is 2.73. The lowest BCUT2D eigenvalue weighted by atomic mass is 9.97. The van der Waals surface area contributed by atoms with Gasteiger partial charge in [-0.1, -0.05) is 23.7 Å². The van der Waals surface area contributed by atoms with Crippen LogP contribution in [-0.4, -0.2) is 39.8 Å². The van der Waals surface area contributed by atoms with E-state index < -0.39 is 0 Å². The fourth-order valence-electron chi connectivity index (χ4n) is 2.73. The van der Waals surface area contributed by atoms with Crippen LogP contribution in [0.4, 0.5) is 0 Å². The van der Waals surface area contributed by atoms with Gasteiger partial charge < -0.3 is 4.90 Å². The first-order valence-corrected chi connectivity index (χ1v) is 6.97. The number of halogens is 1. The highest BCUT2D eigenvalue weighted by Gasteiger charge is 2.24. The maximum absolute atomic E-state index is 6.27. The Morgan fingerprint density at radius 3 is 2.95 bits per heavy atom. The van der Waals surface area contributed by atoms with Gasteiger partial charge in [0.1, 0.15) is 12.2 Å². The first-order chi connectivity index (χ1) is 9.25. The maximum Gasteiger partial charge on any atom is 0.141 e. The molecule has 2 heterocycles. The third-order valence-corrected chi connectivity index (χ3v) is 4.00. The van der Waals surface area contributed by atoms with Crippen LogP contribution in [0, 0.1) is 0 Å². The van der Waals surface area contributed by atoms with Gasteiger partial charge >= 0.3 is 0 Å². The molecule has 3 rings (SSSR count). The number of likely N-dealkylation sites (N-methyl/N-ethyl adjacent to an activating group) is 1. The summed E-state index contributed by atoms with van der Waals surface area (Å²) in [4.78, 5) is 2.35. The van der Waals surface area contributed by atoms with Crippen molar-refractivity contribution in [3.05, 3.63) is 41.4 Å². The average Bonchev–Trinajstić information content (AvgIpc) is 2.88. The number of piperidine rings is 1.